The van der Waals surface area contributed by atoms with Gasteiger partial charge in [0.25, 0.3) is 5.91 Å². The predicted octanol–water partition coefficient (Wildman–Crippen LogP) is 3.93. The molecule has 0 saturated heterocycles. The first-order chi connectivity index (χ1) is 14.4. The van der Waals surface area contributed by atoms with Crippen molar-refractivity contribution in [3.8, 4) is 0 Å². The van der Waals surface area contributed by atoms with Crippen molar-refractivity contribution in [3.63, 3.8) is 0 Å². The molecule has 0 aliphatic carbocycles. The number of hydrogen-bond donors (Lipinski definition) is 1. The average Bonchev–Trinajstić information content (AvgIpc) is 3.16. The summed E-state index contributed by atoms with van der Waals surface area (Å²) in [4.78, 5) is 16.4. The summed E-state index contributed by atoms with van der Waals surface area (Å²) in [7, 11) is 0. The van der Waals surface area contributed by atoms with Gasteiger partial charge in [-0.2, -0.15) is 13.2 Å². The highest BCUT2D eigenvalue weighted by atomic mass is 19.4. The topological polar surface area (TPSA) is 50.7 Å². The Bertz CT molecular complexity index is 1110. The molecule has 30 heavy (non-hydrogen) atoms. The molecule has 1 aliphatic heterocycles. The molecular formula is C22H16BF3N2O2. The number of anilines is 1. The molecule has 0 unspecified atom stereocenters. The quantitative estimate of drug-likeness (QED) is 0.526. The number of benzene rings is 3. The van der Waals surface area contributed by atoms with Crippen molar-refractivity contribution in [1.29, 1.82) is 0 Å². The summed E-state index contributed by atoms with van der Waals surface area (Å²) >= 11 is 0. The van der Waals surface area contributed by atoms with Crippen molar-refractivity contribution < 1.29 is 22.6 Å². The van der Waals surface area contributed by atoms with Crippen LogP contribution in [0.15, 0.2) is 71.7 Å². The van der Waals surface area contributed by atoms with E-state index >= 15 is 0 Å². The number of carbonyl (C=O) groups is 1. The number of halogens is 3. The molecule has 0 radical (unpaired) electrons. The molecule has 3 aromatic rings. The zero-order chi connectivity index (χ0) is 21.3. The molecule has 8 heteroatoms. The summed E-state index contributed by atoms with van der Waals surface area (Å²) in [5.41, 5.74) is 2.46. The van der Waals surface area contributed by atoms with E-state index in [1.165, 1.54) is 12.1 Å². The molecular weight excluding hydrogens is 392 g/mol. The van der Waals surface area contributed by atoms with Gasteiger partial charge < -0.3 is 9.97 Å². The molecule has 0 saturated carbocycles. The van der Waals surface area contributed by atoms with Crippen LogP contribution < -0.4 is 16.2 Å². The Morgan fingerprint density at radius 1 is 1.07 bits per heavy atom. The standard InChI is InChI=1S/C22H16BF3N2O2/c1-27-16-10-7-15(8-11-16)23-20-12-17(9-6-14(20)13-30-23)28-21(29)18-4-2-3-5-19(18)22(24,25)26/h2-12H,1,13H2,(H,28,29). The minimum Gasteiger partial charge on any atom is -0.423 e. The fraction of sp³-hybridized carbons (Fsp3) is 0.0909. The molecule has 1 heterocycles. The number of rotatable bonds is 4. The molecule has 150 valence electrons. The molecule has 0 atom stereocenters. The molecule has 0 aromatic heterocycles. The second-order valence-corrected chi connectivity index (χ2v) is 6.85. The summed E-state index contributed by atoms with van der Waals surface area (Å²) in [6, 6.07) is 17.3. The van der Waals surface area contributed by atoms with Crippen molar-refractivity contribution in [2.75, 3.05) is 5.32 Å². The Balaban J connectivity index is 1.61. The zero-order valence-corrected chi connectivity index (χ0v) is 15.7. The van der Waals surface area contributed by atoms with Gasteiger partial charge in [0, 0.05) is 5.69 Å². The van der Waals surface area contributed by atoms with Crippen molar-refractivity contribution in [2.24, 2.45) is 4.99 Å². The third-order valence-electron chi connectivity index (χ3n) is 4.95. The van der Waals surface area contributed by atoms with Gasteiger partial charge in [0.1, 0.15) is 0 Å². The lowest BCUT2D eigenvalue weighted by molar-refractivity contribution is -0.137. The number of amides is 1. The maximum absolute atomic E-state index is 13.2. The number of hydrogen-bond acceptors (Lipinski definition) is 3. The van der Waals surface area contributed by atoms with Gasteiger partial charge in [0.15, 0.2) is 0 Å². The first kappa shape index (κ1) is 19.9. The number of nitrogens with one attached hydrogen (secondary N) is 1. The van der Waals surface area contributed by atoms with E-state index in [9.17, 15) is 18.0 Å². The first-order valence-corrected chi connectivity index (χ1v) is 9.15. The van der Waals surface area contributed by atoms with Gasteiger partial charge in [-0.1, -0.05) is 30.3 Å². The number of nitrogens with zero attached hydrogens (tertiary/aromatic N) is 1. The Hall–Kier alpha value is -3.39. The van der Waals surface area contributed by atoms with Crippen LogP contribution in [0.25, 0.3) is 0 Å². The van der Waals surface area contributed by atoms with Gasteiger partial charge in [-0.25, -0.2) is 0 Å². The lowest BCUT2D eigenvalue weighted by Crippen LogP contribution is -2.41. The number of carbonyl (C=O) groups excluding carboxylic acids is 1. The maximum atomic E-state index is 13.2. The van der Waals surface area contributed by atoms with Crippen LogP contribution in [0.4, 0.5) is 24.5 Å². The van der Waals surface area contributed by atoms with Crippen LogP contribution >= 0.6 is 0 Å². The smallest absolute Gasteiger partial charge is 0.417 e. The monoisotopic (exact) mass is 408 g/mol. The molecule has 0 spiro atoms. The highest BCUT2D eigenvalue weighted by molar-refractivity contribution is 6.81. The second kappa shape index (κ2) is 7.80. The van der Waals surface area contributed by atoms with E-state index in [4.69, 9.17) is 4.65 Å². The minimum atomic E-state index is -4.61. The highest BCUT2D eigenvalue weighted by Crippen LogP contribution is 2.32. The van der Waals surface area contributed by atoms with Crippen molar-refractivity contribution in [2.45, 2.75) is 12.8 Å². The zero-order valence-electron chi connectivity index (χ0n) is 15.7. The second-order valence-electron chi connectivity index (χ2n) is 6.85. The van der Waals surface area contributed by atoms with E-state index < -0.39 is 23.2 Å². The molecule has 1 N–H and O–H groups in total. The normalized spacial score (nSPS) is 13.1. The molecule has 1 amide bonds. The molecule has 4 rings (SSSR count). The Kier molecular flexibility index (Phi) is 5.17. The lowest BCUT2D eigenvalue weighted by atomic mass is 9.56. The van der Waals surface area contributed by atoms with E-state index in [2.05, 4.69) is 17.0 Å². The Morgan fingerprint density at radius 2 is 1.80 bits per heavy atom. The maximum Gasteiger partial charge on any atom is 0.417 e. The summed E-state index contributed by atoms with van der Waals surface area (Å²) in [5.74, 6) is -0.820. The van der Waals surface area contributed by atoms with Crippen molar-refractivity contribution in [3.05, 3.63) is 83.4 Å². The number of aliphatic imine (C=N–C) groups is 1. The SMILES string of the molecule is C=Nc1ccc(B2OCc3ccc(NC(=O)c4ccccc4C(F)(F)F)cc32)cc1. The number of alkyl halides is 3. The van der Waals surface area contributed by atoms with E-state index in [1.807, 2.05) is 24.3 Å². The van der Waals surface area contributed by atoms with E-state index in [0.29, 0.717) is 12.3 Å². The highest BCUT2D eigenvalue weighted by Gasteiger charge is 2.35. The lowest BCUT2D eigenvalue weighted by Gasteiger charge is -2.13. The third kappa shape index (κ3) is 3.86. The van der Waals surface area contributed by atoms with Crippen LogP contribution in [-0.4, -0.2) is 19.5 Å². The first-order valence-electron chi connectivity index (χ1n) is 9.15. The van der Waals surface area contributed by atoms with Crippen molar-refractivity contribution in [1.82, 2.24) is 0 Å². The molecule has 4 nitrogen and oxygen atoms in total. The van der Waals surface area contributed by atoms with Gasteiger partial charge >= 0.3 is 13.1 Å². The molecule has 1 aliphatic rings. The van der Waals surface area contributed by atoms with E-state index in [1.54, 1.807) is 18.2 Å². The van der Waals surface area contributed by atoms with Crippen LogP contribution in [0.3, 0.4) is 0 Å². The van der Waals surface area contributed by atoms with Crippen LogP contribution in [0, 0.1) is 0 Å². The van der Waals surface area contributed by atoms with E-state index in [-0.39, 0.29) is 6.92 Å². The van der Waals surface area contributed by atoms with Gasteiger partial charge in [0.05, 0.1) is 23.4 Å². The molecule has 0 fully saturated rings. The summed E-state index contributed by atoms with van der Waals surface area (Å²) in [6.07, 6.45) is -4.61. The predicted molar refractivity (Wildman–Crippen MR) is 111 cm³/mol. The summed E-state index contributed by atoms with van der Waals surface area (Å²) < 4.78 is 45.5. The Morgan fingerprint density at radius 3 is 2.50 bits per heavy atom. The van der Waals surface area contributed by atoms with Crippen LogP contribution in [0.5, 0.6) is 0 Å². The van der Waals surface area contributed by atoms with Gasteiger partial charge in [-0.3, -0.25) is 9.79 Å². The third-order valence-corrected chi connectivity index (χ3v) is 4.95. The minimum absolute atomic E-state index is 0.335. The molecule has 3 aromatic carbocycles. The fourth-order valence-corrected chi connectivity index (χ4v) is 3.47. The number of fused-ring (bicyclic) bond motifs is 1. The largest absolute Gasteiger partial charge is 0.423 e. The van der Waals surface area contributed by atoms with Gasteiger partial charge in [-0.15, -0.1) is 0 Å². The fourth-order valence-electron chi connectivity index (χ4n) is 3.47. The van der Waals surface area contributed by atoms with Crippen LogP contribution in [-0.2, 0) is 17.4 Å². The molecule has 0 bridgehead atoms. The Labute approximate surface area is 171 Å². The van der Waals surface area contributed by atoms with E-state index in [0.717, 1.165) is 34.3 Å². The van der Waals surface area contributed by atoms with Gasteiger partial charge in [-0.05, 0) is 59.6 Å². The van der Waals surface area contributed by atoms with Crippen LogP contribution in [0.1, 0.15) is 21.5 Å². The summed E-state index contributed by atoms with van der Waals surface area (Å²) in [5, 5.41) is 2.57. The van der Waals surface area contributed by atoms with Crippen LogP contribution in [0.2, 0.25) is 0 Å². The van der Waals surface area contributed by atoms with Gasteiger partial charge in [0.2, 0.25) is 0 Å². The summed E-state index contributed by atoms with van der Waals surface area (Å²) in [6.45, 7) is 3.56. The van der Waals surface area contributed by atoms with Crippen molar-refractivity contribution >= 4 is 41.8 Å². The average molecular weight is 408 g/mol.